The van der Waals surface area contributed by atoms with Gasteiger partial charge >= 0.3 is 6.09 Å². The summed E-state index contributed by atoms with van der Waals surface area (Å²) < 4.78 is 72.6. The average Bonchev–Trinajstić information content (AvgIpc) is 3.90. The Morgan fingerprint density at radius 1 is 0.688 bits per heavy atom. The highest BCUT2D eigenvalue weighted by molar-refractivity contribution is 6.08. The number of ether oxygens (including phenoxy) is 3. The van der Waals surface area contributed by atoms with Gasteiger partial charge in [-0.15, -0.1) is 0 Å². The molecule has 0 aliphatic carbocycles. The maximum absolute atomic E-state index is 13.9. The zero-order chi connectivity index (χ0) is 55.9. The minimum Gasteiger partial charge on any atom is -0.494 e. The number of benzene rings is 2. The Kier molecular flexibility index (Phi) is 19.5. The number of halogens is 4. The number of amides is 7. The van der Waals surface area contributed by atoms with Crippen molar-refractivity contribution < 1.29 is 65.3 Å². The molecule has 410 valence electrons. The fourth-order valence-electron chi connectivity index (χ4n) is 8.40. The van der Waals surface area contributed by atoms with E-state index in [1.165, 1.54) is 24.5 Å². The summed E-state index contributed by atoms with van der Waals surface area (Å²) in [5, 5.41) is 32.3. The number of carbonyl (C=O) groups is 7. The maximum Gasteiger partial charge on any atom is 0.408 e. The molecule has 77 heavy (non-hydrogen) atoms. The second kappa shape index (κ2) is 25.9. The Hall–Kier alpha value is -8.35. The zero-order valence-electron chi connectivity index (χ0n) is 42.6. The minimum absolute atomic E-state index is 0.0402. The van der Waals surface area contributed by atoms with Crippen molar-refractivity contribution in [2.24, 2.45) is 0 Å². The molecule has 3 atom stereocenters. The summed E-state index contributed by atoms with van der Waals surface area (Å²) in [6, 6.07) is 12.4. The van der Waals surface area contributed by atoms with Crippen LogP contribution in [0.4, 0.5) is 22.4 Å². The van der Waals surface area contributed by atoms with Crippen LogP contribution in [-0.2, 0) is 23.9 Å². The van der Waals surface area contributed by atoms with Gasteiger partial charge in [0.15, 0.2) is 0 Å². The molecule has 6 rings (SSSR count). The Morgan fingerprint density at radius 2 is 1.16 bits per heavy atom. The van der Waals surface area contributed by atoms with Crippen LogP contribution in [0.5, 0.6) is 11.5 Å². The lowest BCUT2D eigenvalue weighted by Crippen LogP contribution is -2.48. The van der Waals surface area contributed by atoms with Crippen molar-refractivity contribution in [3.05, 3.63) is 72.1 Å². The number of likely N-dealkylation sites (tertiary alicyclic amines) is 2. The fraction of sp³-hybridized carbons (Fsp3) is 0.481. The molecule has 0 spiro atoms. The number of hydrogen-bond donors (Lipinski definition) is 5. The zero-order valence-corrected chi connectivity index (χ0v) is 42.6. The second-order valence-corrected chi connectivity index (χ2v) is 19.4. The highest BCUT2D eigenvalue weighted by atomic mass is 19.3. The summed E-state index contributed by atoms with van der Waals surface area (Å²) in [7, 11) is 0. The van der Waals surface area contributed by atoms with Gasteiger partial charge in [0, 0.05) is 55.5 Å². The highest BCUT2D eigenvalue weighted by Crippen LogP contribution is 2.33. The number of nitrogens with one attached hydrogen (secondary N) is 5. The van der Waals surface area contributed by atoms with E-state index in [-0.39, 0.29) is 56.2 Å². The number of rotatable bonds is 23. The number of aromatic nitrogens is 2. The third kappa shape index (κ3) is 16.8. The first-order valence-corrected chi connectivity index (χ1v) is 24.8. The van der Waals surface area contributed by atoms with Crippen LogP contribution in [0.15, 0.2) is 60.9 Å². The molecule has 0 radical (unpaired) electrons. The second-order valence-electron chi connectivity index (χ2n) is 19.4. The van der Waals surface area contributed by atoms with Crippen LogP contribution in [0.2, 0.25) is 0 Å². The Bertz CT molecular complexity index is 2930. The summed E-state index contributed by atoms with van der Waals surface area (Å²) in [5.74, 6) is -9.42. The van der Waals surface area contributed by atoms with Crippen LogP contribution in [0.3, 0.4) is 0 Å². The number of alkyl halides is 4. The van der Waals surface area contributed by atoms with Crippen molar-refractivity contribution in [2.75, 3.05) is 52.5 Å². The molecule has 0 unspecified atom stereocenters. The van der Waals surface area contributed by atoms with Crippen LogP contribution in [0.25, 0.3) is 21.8 Å². The molecule has 4 aromatic rings. The van der Waals surface area contributed by atoms with E-state index < -0.39 is 110 Å². The molecule has 0 saturated carbocycles. The Morgan fingerprint density at radius 3 is 1.61 bits per heavy atom. The molecule has 21 nitrogen and oxygen atoms in total. The highest BCUT2D eigenvalue weighted by Gasteiger charge is 2.48. The first kappa shape index (κ1) is 57.9. The van der Waals surface area contributed by atoms with Crippen molar-refractivity contribution in [3.63, 3.8) is 0 Å². The number of nitrogens with zero attached hydrogens (tertiary/aromatic N) is 6. The van der Waals surface area contributed by atoms with Crippen molar-refractivity contribution in [2.45, 2.75) is 108 Å². The van der Waals surface area contributed by atoms with Crippen molar-refractivity contribution >= 4 is 63.3 Å². The molecule has 7 amide bonds. The summed E-state index contributed by atoms with van der Waals surface area (Å²) in [5.41, 5.74) is 0.367. The molecule has 5 N–H and O–H groups in total. The van der Waals surface area contributed by atoms with Crippen molar-refractivity contribution in [1.82, 2.24) is 46.4 Å². The summed E-state index contributed by atoms with van der Waals surface area (Å²) in [4.78, 5) is 100. The van der Waals surface area contributed by atoms with E-state index in [2.05, 4.69) is 36.6 Å². The van der Waals surface area contributed by atoms with Crippen LogP contribution < -0.4 is 36.1 Å². The Labute approximate surface area is 440 Å². The quantitative estimate of drug-likeness (QED) is 0.0498. The van der Waals surface area contributed by atoms with E-state index in [0.29, 0.717) is 59.0 Å². The maximum atomic E-state index is 13.9. The van der Waals surface area contributed by atoms with Gasteiger partial charge in [0.1, 0.15) is 35.2 Å². The molecule has 2 saturated heterocycles. The molecule has 2 aliphatic rings. The van der Waals surface area contributed by atoms with Gasteiger partial charge in [0.25, 0.3) is 23.7 Å². The average molecular weight is 1070 g/mol. The van der Waals surface area contributed by atoms with Gasteiger partial charge < -0.3 is 50.6 Å². The molecule has 4 heterocycles. The van der Waals surface area contributed by atoms with E-state index in [4.69, 9.17) is 14.2 Å². The third-order valence-electron chi connectivity index (χ3n) is 12.2. The molecule has 2 fully saturated rings. The normalized spacial score (nSPS) is 16.8. The lowest BCUT2D eigenvalue weighted by atomic mass is 10.1. The van der Waals surface area contributed by atoms with Gasteiger partial charge in [-0.25, -0.2) is 22.4 Å². The van der Waals surface area contributed by atoms with Gasteiger partial charge in [-0.05, 0) is 101 Å². The monoisotopic (exact) mass is 1070 g/mol. The predicted octanol–water partition coefficient (Wildman–Crippen LogP) is 4.69. The standard InChI is InChI=1S/C52H59F4N11O10/c1-50(2,3)77-49(74)65-42(48(73)62-17-5-7-21-76-35-9-11-41-39(23-35)37(15-19-60-41)47(72)64-29-45(70)67-31-52(55,56)25-33(67)27-58)12-13-43(68)61-16-4-6-20-75-34-8-10-40-38(22-34)36(14-18-59-40)46(71)63-28-44(69)66-30-51(53,54)24-32(66)26-57/h8-11,14-15,18-19,22-23,32-33,42H,4-7,12-13,16-17,20-21,24-25,28-31H2,1-3H3,(H,61,68)(H,62,73)(H,63,71)(H,64,72)(H,65,74)/t32-,33-,42-/m0/s1. The third-order valence-corrected chi connectivity index (χ3v) is 12.2. The van der Waals surface area contributed by atoms with Gasteiger partial charge in [-0.2, -0.15) is 10.5 Å². The fourth-order valence-corrected chi connectivity index (χ4v) is 8.40. The number of nitriles is 2. The topological polar surface area (TPSA) is 287 Å². The van der Waals surface area contributed by atoms with Crippen LogP contribution >= 0.6 is 0 Å². The van der Waals surface area contributed by atoms with E-state index in [1.807, 2.05) is 0 Å². The first-order valence-electron chi connectivity index (χ1n) is 24.8. The smallest absolute Gasteiger partial charge is 0.408 e. The van der Waals surface area contributed by atoms with Gasteiger partial charge in [0.05, 0.1) is 73.7 Å². The van der Waals surface area contributed by atoms with Gasteiger partial charge in [-0.1, -0.05) is 0 Å². The Balaban J connectivity index is 0.902. The minimum atomic E-state index is -3.20. The lowest BCUT2D eigenvalue weighted by Gasteiger charge is -2.23. The largest absolute Gasteiger partial charge is 0.494 e. The number of carbonyl (C=O) groups excluding carboxylic acids is 7. The number of unbranched alkanes of at least 4 members (excludes halogenated alkanes) is 2. The van der Waals surface area contributed by atoms with Crippen LogP contribution in [-0.4, -0.2) is 149 Å². The summed E-state index contributed by atoms with van der Waals surface area (Å²) in [6.45, 7) is 2.93. The molecule has 0 bridgehead atoms. The van der Waals surface area contributed by atoms with Crippen molar-refractivity contribution in [1.29, 1.82) is 10.5 Å². The predicted molar refractivity (Wildman–Crippen MR) is 267 cm³/mol. The van der Waals surface area contributed by atoms with E-state index in [9.17, 15) is 61.6 Å². The number of hydrogen-bond acceptors (Lipinski definition) is 14. The van der Waals surface area contributed by atoms with E-state index >= 15 is 0 Å². The first-order chi connectivity index (χ1) is 36.5. The molecule has 2 aliphatic heterocycles. The molecule has 2 aromatic heterocycles. The molecule has 2 aromatic carbocycles. The SMILES string of the molecule is CC(C)(C)OC(=O)N[C@@H](CCC(=O)NCCCCOc1ccc2nccc(C(=O)NCC(=O)N3CC(F)(F)C[C@H]3C#N)c2c1)C(=O)NCCCCOc1ccc2nccc(C(=O)NCC(=O)N3CC(F)(F)C[C@H]3C#N)c2c1. The summed E-state index contributed by atoms with van der Waals surface area (Å²) >= 11 is 0. The van der Waals surface area contributed by atoms with Gasteiger partial charge in [0.2, 0.25) is 23.6 Å². The molecule has 25 heteroatoms. The lowest BCUT2D eigenvalue weighted by molar-refractivity contribution is -0.132. The van der Waals surface area contributed by atoms with E-state index in [0.717, 1.165) is 9.80 Å². The van der Waals surface area contributed by atoms with Crippen molar-refractivity contribution in [3.8, 4) is 23.6 Å². The van der Waals surface area contributed by atoms with Crippen LogP contribution in [0, 0.1) is 22.7 Å². The van der Waals surface area contributed by atoms with E-state index in [1.54, 1.807) is 69.3 Å². The summed E-state index contributed by atoms with van der Waals surface area (Å²) in [6.07, 6.45) is 2.25. The number of fused-ring (bicyclic) bond motifs is 2. The number of pyridine rings is 2. The molecular weight excluding hydrogens is 1010 g/mol. The van der Waals surface area contributed by atoms with Crippen LogP contribution in [0.1, 0.15) is 92.9 Å². The number of alkyl carbamates (subject to hydrolysis) is 1. The molecular formula is C52H59F4N11O10. The van der Waals surface area contributed by atoms with Gasteiger partial charge in [-0.3, -0.25) is 38.7 Å².